The number of fused-ring (bicyclic) bond motifs is 4. The van der Waals surface area contributed by atoms with Crippen molar-refractivity contribution in [1.82, 2.24) is 4.98 Å². The predicted octanol–water partition coefficient (Wildman–Crippen LogP) is 5.38. The van der Waals surface area contributed by atoms with E-state index in [2.05, 4.69) is 18.8 Å². The molecule has 3 aliphatic carbocycles. The fourth-order valence-corrected chi connectivity index (χ4v) is 8.76. The lowest BCUT2D eigenvalue weighted by Gasteiger charge is -2.64. The molecule has 9 nitrogen and oxygen atoms in total. The smallest absolute Gasteiger partial charge is 0.345 e. The maximum Gasteiger partial charge on any atom is 0.345 e. The minimum Gasteiger partial charge on any atom is -0.482 e. The van der Waals surface area contributed by atoms with Gasteiger partial charge in [-0.15, -0.1) is 0 Å². The standard InChI is InChI=1S/C33H41NO8/c1-18-22-15-26(41-30(37)20-9-6-5-7-10-20)33(4)29(32(22,3)13-12-23(18)39-19(2)35)28(36)27-25(42-33)16-24(40-31(27)38)21-11-8-14-34-17-21/h8,11,14,16-18,20,22-23,26,28-29,36H,5-7,9-10,12-13,15H2,1-4H3. The van der Waals surface area contributed by atoms with Crippen LogP contribution in [0.25, 0.3) is 11.3 Å². The van der Waals surface area contributed by atoms with Gasteiger partial charge in [0.25, 0.3) is 0 Å². The lowest BCUT2D eigenvalue weighted by molar-refractivity contribution is -0.252. The lowest BCUT2D eigenvalue weighted by Crippen LogP contribution is -2.69. The molecule has 0 amide bonds. The van der Waals surface area contributed by atoms with E-state index in [1.165, 1.54) is 6.92 Å². The number of rotatable bonds is 4. The lowest BCUT2D eigenvalue weighted by atomic mass is 9.46. The molecule has 2 aromatic heterocycles. The van der Waals surface area contributed by atoms with Crippen molar-refractivity contribution in [3.8, 4) is 17.1 Å². The maximum atomic E-state index is 13.6. The summed E-state index contributed by atoms with van der Waals surface area (Å²) >= 11 is 0. The molecule has 42 heavy (non-hydrogen) atoms. The van der Waals surface area contributed by atoms with Gasteiger partial charge in [0.15, 0.2) is 0 Å². The summed E-state index contributed by atoms with van der Waals surface area (Å²) in [5.41, 5.74) is -1.58. The van der Waals surface area contributed by atoms with Crippen molar-refractivity contribution >= 4 is 11.9 Å². The summed E-state index contributed by atoms with van der Waals surface area (Å²) in [5.74, 6) is -0.870. The summed E-state index contributed by atoms with van der Waals surface area (Å²) < 4.78 is 24.6. The molecule has 6 rings (SSSR count). The predicted molar refractivity (Wildman–Crippen MR) is 152 cm³/mol. The molecule has 2 aromatic rings. The van der Waals surface area contributed by atoms with Gasteiger partial charge in [0, 0.05) is 36.9 Å². The summed E-state index contributed by atoms with van der Waals surface area (Å²) in [6.45, 7) is 7.52. The highest BCUT2D eigenvalue weighted by atomic mass is 16.6. The minimum absolute atomic E-state index is 0.0500. The molecule has 1 aliphatic heterocycles. The number of nitrogens with zero attached hydrogens (tertiary/aromatic N) is 1. The number of hydrogen-bond donors (Lipinski definition) is 1. The number of esters is 2. The Kier molecular flexibility index (Phi) is 7.44. The van der Waals surface area contributed by atoms with Gasteiger partial charge < -0.3 is 23.7 Å². The van der Waals surface area contributed by atoms with Crippen molar-refractivity contribution in [1.29, 1.82) is 0 Å². The zero-order valence-electron chi connectivity index (χ0n) is 24.8. The molecule has 0 spiro atoms. The second kappa shape index (κ2) is 10.8. The SMILES string of the molecule is CC(=O)OC1CCC2(C)C(CC(OC(=O)C3CCCCC3)C3(C)Oc4cc(-c5cccnc5)oc(=O)c4C(O)C23)C1C. The van der Waals surface area contributed by atoms with Crippen LogP contribution in [0.5, 0.6) is 5.75 Å². The molecule has 226 valence electrons. The number of aliphatic hydroxyl groups is 1. The highest BCUT2D eigenvalue weighted by Crippen LogP contribution is 2.65. The number of hydrogen-bond acceptors (Lipinski definition) is 9. The van der Waals surface area contributed by atoms with Gasteiger partial charge in [0.2, 0.25) is 0 Å². The molecule has 0 aromatic carbocycles. The Labute approximate surface area is 246 Å². The Morgan fingerprint density at radius 3 is 2.57 bits per heavy atom. The van der Waals surface area contributed by atoms with Crippen molar-refractivity contribution in [3.05, 3.63) is 46.6 Å². The topological polar surface area (TPSA) is 125 Å². The number of ether oxygens (including phenoxy) is 3. The van der Waals surface area contributed by atoms with Gasteiger partial charge in [-0.3, -0.25) is 14.6 Å². The van der Waals surface area contributed by atoms with Crippen molar-refractivity contribution in [2.24, 2.45) is 29.1 Å². The van der Waals surface area contributed by atoms with Gasteiger partial charge in [0.05, 0.1) is 12.0 Å². The zero-order valence-corrected chi connectivity index (χ0v) is 24.8. The first-order valence-electron chi connectivity index (χ1n) is 15.4. The molecule has 3 heterocycles. The second-order valence-electron chi connectivity index (χ2n) is 13.3. The van der Waals surface area contributed by atoms with Gasteiger partial charge in [-0.2, -0.15) is 0 Å². The molecule has 0 bridgehead atoms. The second-order valence-corrected chi connectivity index (χ2v) is 13.3. The molecule has 3 fully saturated rings. The molecular weight excluding hydrogens is 538 g/mol. The van der Waals surface area contributed by atoms with E-state index in [0.29, 0.717) is 24.8 Å². The monoisotopic (exact) mass is 579 g/mol. The quantitative estimate of drug-likeness (QED) is 0.475. The summed E-state index contributed by atoms with van der Waals surface area (Å²) in [6.07, 6.45) is 7.58. The molecule has 3 saturated carbocycles. The van der Waals surface area contributed by atoms with E-state index in [1.54, 1.807) is 30.6 Å². The Morgan fingerprint density at radius 2 is 1.88 bits per heavy atom. The third kappa shape index (κ3) is 4.74. The summed E-state index contributed by atoms with van der Waals surface area (Å²) in [6, 6.07) is 5.16. The molecule has 8 atom stereocenters. The number of aromatic nitrogens is 1. The van der Waals surface area contributed by atoms with Crippen LogP contribution >= 0.6 is 0 Å². The molecular formula is C33H41NO8. The molecule has 4 aliphatic rings. The van der Waals surface area contributed by atoms with Crippen molar-refractivity contribution in [2.75, 3.05) is 0 Å². The first kappa shape index (κ1) is 28.9. The van der Waals surface area contributed by atoms with Crippen LogP contribution in [0.2, 0.25) is 0 Å². The van der Waals surface area contributed by atoms with Crippen LogP contribution in [0.15, 0.2) is 39.8 Å². The Balaban J connectivity index is 1.43. The van der Waals surface area contributed by atoms with Crippen LogP contribution in [-0.2, 0) is 19.1 Å². The summed E-state index contributed by atoms with van der Waals surface area (Å²) in [7, 11) is 0. The number of pyridine rings is 1. The number of carbonyl (C=O) groups is 2. The minimum atomic E-state index is -1.21. The van der Waals surface area contributed by atoms with Gasteiger partial charge in [-0.05, 0) is 68.4 Å². The first-order valence-corrected chi connectivity index (χ1v) is 15.4. The fourth-order valence-electron chi connectivity index (χ4n) is 8.76. The highest BCUT2D eigenvalue weighted by molar-refractivity contribution is 5.73. The molecule has 0 radical (unpaired) electrons. The van der Waals surface area contributed by atoms with Crippen LogP contribution in [-0.4, -0.2) is 39.8 Å². The van der Waals surface area contributed by atoms with E-state index >= 15 is 0 Å². The zero-order chi connectivity index (χ0) is 29.8. The van der Waals surface area contributed by atoms with Crippen molar-refractivity contribution < 1.29 is 33.3 Å². The maximum absolute atomic E-state index is 13.6. The Morgan fingerprint density at radius 1 is 1.12 bits per heavy atom. The molecule has 0 saturated heterocycles. The van der Waals surface area contributed by atoms with Crippen LogP contribution in [0, 0.1) is 29.1 Å². The fraction of sp³-hybridized carbons (Fsp3) is 0.636. The van der Waals surface area contributed by atoms with Gasteiger partial charge in [-0.25, -0.2) is 4.79 Å². The molecule has 9 heteroatoms. The average Bonchev–Trinajstić information content (AvgIpc) is 2.96. The Bertz CT molecular complexity index is 1400. The third-order valence-electron chi connectivity index (χ3n) is 10.8. The first-order chi connectivity index (χ1) is 20.0. The number of aliphatic hydroxyl groups excluding tert-OH is 1. The third-order valence-corrected chi connectivity index (χ3v) is 10.8. The van der Waals surface area contributed by atoms with Gasteiger partial charge >= 0.3 is 17.6 Å². The van der Waals surface area contributed by atoms with Crippen molar-refractivity contribution in [3.63, 3.8) is 0 Å². The van der Waals surface area contributed by atoms with Crippen LogP contribution in [0.3, 0.4) is 0 Å². The van der Waals surface area contributed by atoms with Crippen molar-refractivity contribution in [2.45, 2.75) is 103 Å². The molecule has 8 unspecified atom stereocenters. The largest absolute Gasteiger partial charge is 0.482 e. The summed E-state index contributed by atoms with van der Waals surface area (Å²) in [5, 5.41) is 12.1. The van der Waals surface area contributed by atoms with E-state index in [0.717, 1.165) is 32.1 Å². The van der Waals surface area contributed by atoms with E-state index in [-0.39, 0.29) is 52.9 Å². The van der Waals surface area contributed by atoms with Gasteiger partial charge in [0.1, 0.15) is 34.9 Å². The van der Waals surface area contributed by atoms with E-state index < -0.39 is 34.8 Å². The van der Waals surface area contributed by atoms with E-state index in [1.807, 2.05) is 6.92 Å². The summed E-state index contributed by atoms with van der Waals surface area (Å²) in [4.78, 5) is 43.0. The van der Waals surface area contributed by atoms with Gasteiger partial charge in [-0.1, -0.05) is 33.1 Å². The average molecular weight is 580 g/mol. The highest BCUT2D eigenvalue weighted by Gasteiger charge is 2.68. The van der Waals surface area contributed by atoms with E-state index in [4.69, 9.17) is 18.6 Å². The number of carbonyl (C=O) groups excluding carboxylic acids is 2. The normalized spacial score (nSPS) is 36.0. The molecule has 1 N–H and O–H groups in total. The van der Waals surface area contributed by atoms with Crippen LogP contribution < -0.4 is 10.4 Å². The van der Waals surface area contributed by atoms with Crippen LogP contribution in [0.1, 0.15) is 90.7 Å². The van der Waals surface area contributed by atoms with E-state index in [9.17, 15) is 19.5 Å². The van der Waals surface area contributed by atoms with Crippen LogP contribution in [0.4, 0.5) is 0 Å². The Hall–Kier alpha value is -3.20.